The van der Waals surface area contributed by atoms with E-state index in [1.807, 2.05) is 26.0 Å². The van der Waals surface area contributed by atoms with Crippen molar-refractivity contribution in [1.82, 2.24) is 0 Å². The Kier molecular flexibility index (Phi) is 8.74. The smallest absolute Gasteiger partial charge is 0.302 e. The average molecular weight is 240 g/mol. The van der Waals surface area contributed by atoms with Gasteiger partial charge in [0.05, 0.1) is 0 Å². The molecule has 0 atom stereocenters. The Morgan fingerprint density at radius 2 is 1.82 bits per heavy atom. The molecule has 0 saturated heterocycles. The van der Waals surface area contributed by atoms with E-state index in [1.165, 1.54) is 12.5 Å². The van der Waals surface area contributed by atoms with Crippen LogP contribution >= 0.6 is 0 Å². The molecule has 0 N–H and O–H groups in total. The standard InChI is InChI=1S/C13H20O4/c1-11(7-8-17-13(3)15)5-4-6-12(2)9-16-10-14/h6-7,10H,4-5,8-9H2,1-3H3/b11-7+,12-6+. The van der Waals surface area contributed by atoms with Crippen LogP contribution < -0.4 is 0 Å². The predicted molar refractivity (Wildman–Crippen MR) is 65.4 cm³/mol. The van der Waals surface area contributed by atoms with Crippen LogP contribution in [0.1, 0.15) is 33.6 Å². The highest BCUT2D eigenvalue weighted by atomic mass is 16.5. The number of hydrogen-bond acceptors (Lipinski definition) is 4. The summed E-state index contributed by atoms with van der Waals surface area (Å²) in [6.07, 6.45) is 5.72. The fourth-order valence-electron chi connectivity index (χ4n) is 1.17. The molecule has 0 aliphatic rings. The fourth-order valence-corrected chi connectivity index (χ4v) is 1.17. The van der Waals surface area contributed by atoms with Gasteiger partial charge in [0.15, 0.2) is 0 Å². The lowest BCUT2D eigenvalue weighted by molar-refractivity contribution is -0.139. The second-order valence-electron chi connectivity index (χ2n) is 3.85. The molecule has 0 bridgehead atoms. The molecule has 0 amide bonds. The maximum atomic E-state index is 10.5. The molecular weight excluding hydrogens is 220 g/mol. The van der Waals surface area contributed by atoms with E-state index in [0.717, 1.165) is 18.4 Å². The van der Waals surface area contributed by atoms with Crippen LogP contribution in [0.25, 0.3) is 0 Å². The van der Waals surface area contributed by atoms with Gasteiger partial charge in [0.25, 0.3) is 6.47 Å². The van der Waals surface area contributed by atoms with Crippen LogP contribution in [0.3, 0.4) is 0 Å². The first kappa shape index (κ1) is 15.4. The molecule has 4 nitrogen and oxygen atoms in total. The van der Waals surface area contributed by atoms with Crippen molar-refractivity contribution in [1.29, 1.82) is 0 Å². The summed E-state index contributed by atoms with van der Waals surface area (Å²) in [4.78, 5) is 20.5. The summed E-state index contributed by atoms with van der Waals surface area (Å²) < 4.78 is 9.43. The van der Waals surface area contributed by atoms with E-state index in [4.69, 9.17) is 4.74 Å². The van der Waals surface area contributed by atoms with Crippen molar-refractivity contribution in [3.63, 3.8) is 0 Å². The zero-order valence-electron chi connectivity index (χ0n) is 10.7. The molecule has 0 unspecified atom stereocenters. The van der Waals surface area contributed by atoms with Gasteiger partial charge in [-0.1, -0.05) is 11.6 Å². The molecule has 4 heteroatoms. The minimum absolute atomic E-state index is 0.268. The third-order valence-electron chi connectivity index (χ3n) is 2.13. The summed E-state index contributed by atoms with van der Waals surface area (Å²) in [5, 5.41) is 0. The van der Waals surface area contributed by atoms with Crippen LogP contribution in [0.2, 0.25) is 0 Å². The first-order chi connectivity index (χ1) is 8.06. The second-order valence-corrected chi connectivity index (χ2v) is 3.85. The van der Waals surface area contributed by atoms with E-state index in [0.29, 0.717) is 19.7 Å². The monoisotopic (exact) mass is 240 g/mol. The summed E-state index contributed by atoms with van der Waals surface area (Å²) in [6, 6.07) is 0. The van der Waals surface area contributed by atoms with Gasteiger partial charge < -0.3 is 9.47 Å². The third-order valence-corrected chi connectivity index (χ3v) is 2.13. The van der Waals surface area contributed by atoms with E-state index in [-0.39, 0.29) is 5.97 Å². The van der Waals surface area contributed by atoms with Crippen molar-refractivity contribution >= 4 is 12.4 Å². The van der Waals surface area contributed by atoms with Gasteiger partial charge in [-0.2, -0.15) is 0 Å². The van der Waals surface area contributed by atoms with Crippen LogP contribution in [-0.4, -0.2) is 25.7 Å². The lowest BCUT2D eigenvalue weighted by atomic mass is 10.1. The normalized spacial score (nSPS) is 12.2. The van der Waals surface area contributed by atoms with Crippen molar-refractivity contribution in [2.45, 2.75) is 33.6 Å². The maximum absolute atomic E-state index is 10.5. The molecule has 96 valence electrons. The van der Waals surface area contributed by atoms with Crippen molar-refractivity contribution in [3.8, 4) is 0 Å². The largest absolute Gasteiger partial charge is 0.463 e. The number of rotatable bonds is 8. The summed E-state index contributed by atoms with van der Waals surface area (Å²) >= 11 is 0. The van der Waals surface area contributed by atoms with E-state index in [2.05, 4.69) is 4.74 Å². The molecule has 0 aromatic rings. The van der Waals surface area contributed by atoms with E-state index >= 15 is 0 Å². The van der Waals surface area contributed by atoms with Crippen LogP contribution in [0.4, 0.5) is 0 Å². The summed E-state index contributed by atoms with van der Waals surface area (Å²) in [6.45, 7) is 6.43. The molecule has 17 heavy (non-hydrogen) atoms. The highest BCUT2D eigenvalue weighted by Crippen LogP contribution is 2.06. The highest BCUT2D eigenvalue weighted by Gasteiger charge is 1.93. The molecule has 0 spiro atoms. The molecule has 0 aromatic heterocycles. The summed E-state index contributed by atoms with van der Waals surface area (Å²) in [5.74, 6) is -0.268. The first-order valence-electron chi connectivity index (χ1n) is 5.56. The Hall–Kier alpha value is -1.58. The van der Waals surface area contributed by atoms with Gasteiger partial charge in [0.2, 0.25) is 0 Å². The Bertz CT molecular complexity index is 303. The molecule has 0 fully saturated rings. The zero-order chi connectivity index (χ0) is 13.1. The lowest BCUT2D eigenvalue weighted by Crippen LogP contribution is -1.98. The molecule has 0 radical (unpaired) electrons. The van der Waals surface area contributed by atoms with Gasteiger partial charge in [0, 0.05) is 6.92 Å². The number of ether oxygens (including phenoxy) is 2. The lowest BCUT2D eigenvalue weighted by Gasteiger charge is -2.01. The Balaban J connectivity index is 3.78. The predicted octanol–water partition coefficient (Wildman–Crippen LogP) is 2.40. The topological polar surface area (TPSA) is 52.6 Å². The fraction of sp³-hybridized carbons (Fsp3) is 0.538. The number of allylic oxidation sites excluding steroid dienone is 2. The van der Waals surface area contributed by atoms with Gasteiger partial charge in [-0.25, -0.2) is 0 Å². The first-order valence-corrected chi connectivity index (χ1v) is 5.56. The quantitative estimate of drug-likeness (QED) is 0.371. The Morgan fingerprint density at radius 1 is 1.12 bits per heavy atom. The van der Waals surface area contributed by atoms with Gasteiger partial charge in [0.1, 0.15) is 13.2 Å². The van der Waals surface area contributed by atoms with E-state index < -0.39 is 0 Å². The van der Waals surface area contributed by atoms with Crippen LogP contribution in [-0.2, 0) is 19.1 Å². The number of carbonyl (C=O) groups excluding carboxylic acids is 2. The van der Waals surface area contributed by atoms with E-state index in [9.17, 15) is 9.59 Å². The van der Waals surface area contributed by atoms with E-state index in [1.54, 1.807) is 0 Å². The average Bonchev–Trinajstić information content (AvgIpc) is 2.25. The number of esters is 1. The molecule has 0 rings (SSSR count). The minimum atomic E-state index is -0.268. The van der Waals surface area contributed by atoms with Gasteiger partial charge in [-0.3, -0.25) is 9.59 Å². The Morgan fingerprint density at radius 3 is 2.41 bits per heavy atom. The van der Waals surface area contributed by atoms with Crippen molar-refractivity contribution in [2.75, 3.05) is 13.2 Å². The maximum Gasteiger partial charge on any atom is 0.302 e. The number of hydrogen-bond donors (Lipinski definition) is 0. The van der Waals surface area contributed by atoms with Crippen molar-refractivity contribution in [3.05, 3.63) is 23.3 Å². The van der Waals surface area contributed by atoms with Gasteiger partial charge >= 0.3 is 5.97 Å². The van der Waals surface area contributed by atoms with Crippen LogP contribution in [0.5, 0.6) is 0 Å². The minimum Gasteiger partial charge on any atom is -0.463 e. The van der Waals surface area contributed by atoms with Crippen LogP contribution in [0, 0.1) is 0 Å². The highest BCUT2D eigenvalue weighted by molar-refractivity contribution is 5.66. The van der Waals surface area contributed by atoms with Crippen molar-refractivity contribution < 1.29 is 19.1 Å². The Labute approximate surface area is 102 Å². The van der Waals surface area contributed by atoms with Crippen molar-refractivity contribution in [2.24, 2.45) is 0 Å². The van der Waals surface area contributed by atoms with Gasteiger partial charge in [-0.05, 0) is 38.3 Å². The molecule has 0 aliphatic heterocycles. The summed E-state index contributed by atoms with van der Waals surface area (Å²) in [5.41, 5.74) is 2.21. The molecule has 0 heterocycles. The molecule has 0 saturated carbocycles. The summed E-state index contributed by atoms with van der Waals surface area (Å²) in [7, 11) is 0. The third kappa shape index (κ3) is 10.7. The van der Waals surface area contributed by atoms with Crippen LogP contribution in [0.15, 0.2) is 23.3 Å². The molecule has 0 aromatic carbocycles. The molecule has 0 aliphatic carbocycles. The molecular formula is C13H20O4. The zero-order valence-corrected chi connectivity index (χ0v) is 10.7. The van der Waals surface area contributed by atoms with Gasteiger partial charge in [-0.15, -0.1) is 0 Å². The SMILES string of the molecule is CC(=O)OC/C=C(\C)CC/C=C(\C)COC=O. The number of carbonyl (C=O) groups is 2. The second kappa shape index (κ2) is 9.63.